The van der Waals surface area contributed by atoms with Crippen LogP contribution in [0.25, 0.3) is 11.8 Å². The van der Waals surface area contributed by atoms with Crippen molar-refractivity contribution >= 4 is 46.3 Å². The Morgan fingerprint density at radius 3 is 2.53 bits per heavy atom. The third-order valence-corrected chi connectivity index (χ3v) is 9.76. The average Bonchev–Trinajstić information content (AvgIpc) is 3.37. The standard InChI is InChI=1S/C36H28Cl2N2O4S/c1-42-29-10-6-5-9-26(29)34-27-15-13-22-7-3-4-8-25(22)33(27)39-36-40(34)35(41)32(45-36)18-21-11-16-30(31(17-21)43-2)44-20-23-12-14-24(37)19-28(23)38/h3-12,14,16-19,34H,13,15,20H2,1-2H3/b32-18-/t34-/m1/s1. The van der Waals surface area contributed by atoms with E-state index in [0.717, 1.165) is 52.1 Å². The second kappa shape index (κ2) is 12.2. The van der Waals surface area contributed by atoms with Crippen molar-refractivity contribution in [3.63, 3.8) is 0 Å². The van der Waals surface area contributed by atoms with E-state index in [1.54, 1.807) is 26.4 Å². The molecular formula is C36H28Cl2N2O4S. The van der Waals surface area contributed by atoms with Gasteiger partial charge in [-0.1, -0.05) is 89.1 Å². The number of aromatic nitrogens is 1. The highest BCUT2D eigenvalue weighted by Gasteiger charge is 2.34. The average molecular weight is 656 g/mol. The molecule has 0 amide bonds. The Kier molecular flexibility index (Phi) is 8.00. The first-order chi connectivity index (χ1) is 21.9. The maximum atomic E-state index is 14.2. The molecule has 2 heterocycles. The van der Waals surface area contributed by atoms with Gasteiger partial charge >= 0.3 is 0 Å². The van der Waals surface area contributed by atoms with E-state index >= 15 is 0 Å². The minimum absolute atomic E-state index is 0.100. The van der Waals surface area contributed by atoms with Gasteiger partial charge < -0.3 is 14.2 Å². The summed E-state index contributed by atoms with van der Waals surface area (Å²) in [6, 6.07) is 26.9. The molecule has 2 aliphatic rings. The predicted molar refractivity (Wildman–Crippen MR) is 180 cm³/mol. The SMILES string of the molecule is COc1cc(/C=c2\sc3n(c2=O)[C@H](c2ccccc2OC)C2=C(N=3)c3ccccc3CC2)ccc1OCc1ccc(Cl)cc1Cl. The van der Waals surface area contributed by atoms with Gasteiger partial charge in [0.25, 0.3) is 5.56 Å². The molecular weight excluding hydrogens is 627 g/mol. The Morgan fingerprint density at radius 2 is 1.71 bits per heavy atom. The molecule has 4 aromatic carbocycles. The van der Waals surface area contributed by atoms with E-state index in [9.17, 15) is 4.79 Å². The van der Waals surface area contributed by atoms with Crippen molar-refractivity contribution in [2.24, 2.45) is 4.99 Å². The molecule has 0 bridgehead atoms. The van der Waals surface area contributed by atoms with Crippen molar-refractivity contribution in [3.05, 3.63) is 148 Å². The molecule has 0 saturated heterocycles. The summed E-state index contributed by atoms with van der Waals surface area (Å²) in [6.07, 6.45) is 3.57. The smallest absolute Gasteiger partial charge is 0.271 e. The van der Waals surface area contributed by atoms with Gasteiger partial charge in [0, 0.05) is 26.7 Å². The minimum Gasteiger partial charge on any atom is -0.496 e. The first kappa shape index (κ1) is 29.4. The molecule has 45 heavy (non-hydrogen) atoms. The fourth-order valence-corrected chi connectivity index (χ4v) is 7.49. The molecule has 0 unspecified atom stereocenters. The van der Waals surface area contributed by atoms with Crippen LogP contribution in [0.1, 0.15) is 40.3 Å². The molecule has 0 radical (unpaired) electrons. The largest absolute Gasteiger partial charge is 0.496 e. The number of methoxy groups -OCH3 is 2. The second-order valence-corrected chi connectivity index (χ2v) is 12.6. The number of allylic oxidation sites excluding steroid dienone is 1. The van der Waals surface area contributed by atoms with Crippen molar-refractivity contribution in [2.45, 2.75) is 25.5 Å². The van der Waals surface area contributed by atoms with Gasteiger partial charge in [-0.25, -0.2) is 4.99 Å². The normalized spacial score (nSPS) is 15.6. The van der Waals surface area contributed by atoms with Crippen LogP contribution in [0.4, 0.5) is 0 Å². The van der Waals surface area contributed by atoms with E-state index in [-0.39, 0.29) is 18.2 Å². The molecule has 1 aliphatic heterocycles. The first-order valence-electron chi connectivity index (χ1n) is 14.5. The van der Waals surface area contributed by atoms with Crippen LogP contribution in [0, 0.1) is 0 Å². The number of para-hydroxylation sites is 1. The number of aryl methyl sites for hydroxylation is 1. The highest BCUT2D eigenvalue weighted by Crippen LogP contribution is 2.43. The van der Waals surface area contributed by atoms with Gasteiger partial charge in [-0.05, 0) is 65.9 Å². The van der Waals surface area contributed by atoms with Crippen molar-refractivity contribution in [1.82, 2.24) is 4.57 Å². The maximum Gasteiger partial charge on any atom is 0.271 e. The summed E-state index contributed by atoms with van der Waals surface area (Å²) in [5.41, 5.74) is 6.92. The molecule has 1 aromatic heterocycles. The molecule has 226 valence electrons. The van der Waals surface area contributed by atoms with E-state index in [2.05, 4.69) is 18.2 Å². The fraction of sp³-hybridized carbons (Fsp3) is 0.167. The number of thiazole rings is 1. The van der Waals surface area contributed by atoms with Gasteiger partial charge in [0.15, 0.2) is 16.3 Å². The topological polar surface area (TPSA) is 62.0 Å². The summed E-state index contributed by atoms with van der Waals surface area (Å²) in [7, 11) is 3.25. The molecule has 5 aromatic rings. The Morgan fingerprint density at radius 1 is 0.911 bits per heavy atom. The molecule has 0 N–H and O–H groups in total. The van der Waals surface area contributed by atoms with Gasteiger partial charge in [-0.15, -0.1) is 0 Å². The Bertz CT molecular complexity index is 2170. The Labute approximate surface area is 274 Å². The van der Waals surface area contributed by atoms with Gasteiger partial charge in [0.2, 0.25) is 0 Å². The molecule has 0 saturated carbocycles. The number of rotatable bonds is 7. The van der Waals surface area contributed by atoms with Crippen LogP contribution in [-0.4, -0.2) is 18.8 Å². The molecule has 0 spiro atoms. The summed E-state index contributed by atoms with van der Waals surface area (Å²) in [5.74, 6) is 1.84. The zero-order chi connectivity index (χ0) is 31.1. The van der Waals surface area contributed by atoms with Crippen molar-refractivity contribution in [2.75, 3.05) is 14.2 Å². The van der Waals surface area contributed by atoms with Gasteiger partial charge in [-0.3, -0.25) is 9.36 Å². The number of hydrogen-bond acceptors (Lipinski definition) is 6. The highest BCUT2D eigenvalue weighted by molar-refractivity contribution is 7.07. The van der Waals surface area contributed by atoms with Crippen LogP contribution in [-0.2, 0) is 13.0 Å². The maximum absolute atomic E-state index is 14.2. The van der Waals surface area contributed by atoms with Crippen molar-refractivity contribution < 1.29 is 14.2 Å². The van der Waals surface area contributed by atoms with Crippen molar-refractivity contribution in [1.29, 1.82) is 0 Å². The van der Waals surface area contributed by atoms with Gasteiger partial charge in [0.1, 0.15) is 12.4 Å². The highest BCUT2D eigenvalue weighted by atomic mass is 35.5. The van der Waals surface area contributed by atoms with E-state index in [1.165, 1.54) is 16.9 Å². The molecule has 6 nitrogen and oxygen atoms in total. The monoisotopic (exact) mass is 654 g/mol. The van der Waals surface area contributed by atoms with E-state index in [4.69, 9.17) is 42.4 Å². The first-order valence-corrected chi connectivity index (χ1v) is 16.0. The van der Waals surface area contributed by atoms with Crippen LogP contribution in [0.15, 0.2) is 100 Å². The third kappa shape index (κ3) is 5.46. The van der Waals surface area contributed by atoms with Crippen molar-refractivity contribution in [3.8, 4) is 17.2 Å². The van der Waals surface area contributed by atoms with Crippen LogP contribution in [0.2, 0.25) is 10.0 Å². The third-order valence-electron chi connectivity index (χ3n) is 8.19. The molecule has 7 rings (SSSR count). The van der Waals surface area contributed by atoms with E-state index < -0.39 is 0 Å². The number of nitrogens with zero attached hydrogens (tertiary/aromatic N) is 2. The van der Waals surface area contributed by atoms with E-state index in [0.29, 0.717) is 30.9 Å². The lowest BCUT2D eigenvalue weighted by atomic mass is 9.83. The lowest BCUT2D eigenvalue weighted by Gasteiger charge is -2.31. The summed E-state index contributed by atoms with van der Waals surface area (Å²) in [4.78, 5) is 20.0. The van der Waals surface area contributed by atoms with Crippen LogP contribution in [0.3, 0.4) is 0 Å². The summed E-state index contributed by atoms with van der Waals surface area (Å²) < 4.78 is 19.9. The minimum atomic E-state index is -0.326. The Hall–Kier alpha value is -4.30. The number of halogens is 2. The molecule has 1 aliphatic carbocycles. The number of hydrogen-bond donors (Lipinski definition) is 0. The number of ether oxygens (including phenoxy) is 3. The predicted octanol–water partition coefficient (Wildman–Crippen LogP) is 7.22. The lowest BCUT2D eigenvalue weighted by Crippen LogP contribution is -2.39. The Balaban J connectivity index is 1.31. The fourth-order valence-electron chi connectivity index (χ4n) is 6.03. The summed E-state index contributed by atoms with van der Waals surface area (Å²) >= 11 is 13.7. The van der Waals surface area contributed by atoms with Gasteiger partial charge in [-0.2, -0.15) is 0 Å². The van der Waals surface area contributed by atoms with Crippen LogP contribution in [0.5, 0.6) is 17.2 Å². The zero-order valence-corrected chi connectivity index (χ0v) is 26.9. The lowest BCUT2D eigenvalue weighted by molar-refractivity contribution is 0.284. The quantitative estimate of drug-likeness (QED) is 0.186. The molecule has 0 fully saturated rings. The molecule has 1 atom stereocenters. The van der Waals surface area contributed by atoms with Gasteiger partial charge in [0.05, 0.1) is 30.5 Å². The van der Waals surface area contributed by atoms with Crippen LogP contribution >= 0.6 is 34.5 Å². The van der Waals surface area contributed by atoms with Crippen LogP contribution < -0.4 is 29.1 Å². The molecule has 9 heteroatoms. The number of fused-ring (bicyclic) bond motifs is 3. The number of benzene rings is 4. The second-order valence-electron chi connectivity index (χ2n) is 10.8. The zero-order valence-electron chi connectivity index (χ0n) is 24.6. The summed E-state index contributed by atoms with van der Waals surface area (Å²) in [6.45, 7) is 0.251. The van der Waals surface area contributed by atoms with E-state index in [1.807, 2.05) is 65.2 Å². The summed E-state index contributed by atoms with van der Waals surface area (Å²) in [5, 5.41) is 1.10.